The van der Waals surface area contributed by atoms with Gasteiger partial charge in [0.15, 0.2) is 5.82 Å². The van der Waals surface area contributed by atoms with Crippen molar-refractivity contribution in [2.75, 3.05) is 6.54 Å². The number of piperazine rings is 1. The second-order valence-corrected chi connectivity index (χ2v) is 4.66. The Morgan fingerprint density at radius 1 is 1.50 bits per heavy atom. The van der Waals surface area contributed by atoms with Crippen LogP contribution in [0.25, 0.3) is 0 Å². The van der Waals surface area contributed by atoms with Gasteiger partial charge in [-0.3, -0.25) is 9.59 Å². The van der Waals surface area contributed by atoms with Crippen LogP contribution in [0.15, 0.2) is 4.52 Å². The van der Waals surface area contributed by atoms with Crippen molar-refractivity contribution in [3.63, 3.8) is 0 Å². The average molecular weight is 252 g/mol. The molecule has 7 nitrogen and oxygen atoms in total. The zero-order valence-electron chi connectivity index (χ0n) is 10.6. The fourth-order valence-electron chi connectivity index (χ4n) is 2.07. The maximum atomic E-state index is 11.9. The van der Waals surface area contributed by atoms with Crippen LogP contribution in [-0.4, -0.2) is 39.4 Å². The lowest BCUT2D eigenvalue weighted by Gasteiger charge is -2.36. The quantitative estimate of drug-likeness (QED) is 0.809. The summed E-state index contributed by atoms with van der Waals surface area (Å²) in [4.78, 5) is 29.3. The third kappa shape index (κ3) is 2.34. The van der Waals surface area contributed by atoms with E-state index in [1.165, 1.54) is 4.90 Å². The summed E-state index contributed by atoms with van der Waals surface area (Å²) < 4.78 is 4.86. The Balaban J connectivity index is 2.20. The van der Waals surface area contributed by atoms with Crippen molar-refractivity contribution in [2.24, 2.45) is 5.92 Å². The first kappa shape index (κ1) is 12.5. The Kier molecular flexibility index (Phi) is 3.31. The van der Waals surface area contributed by atoms with Gasteiger partial charge in [-0.15, -0.1) is 0 Å². The molecule has 0 aliphatic carbocycles. The zero-order valence-corrected chi connectivity index (χ0v) is 10.6. The summed E-state index contributed by atoms with van der Waals surface area (Å²) in [6.45, 7) is 5.71. The van der Waals surface area contributed by atoms with Gasteiger partial charge in [0.1, 0.15) is 6.04 Å². The lowest BCUT2D eigenvalue weighted by molar-refractivity contribution is -0.148. The van der Waals surface area contributed by atoms with E-state index in [9.17, 15) is 9.59 Å². The molecule has 1 aliphatic rings. The van der Waals surface area contributed by atoms with Crippen LogP contribution in [0.2, 0.25) is 0 Å². The highest BCUT2D eigenvalue weighted by Gasteiger charge is 2.37. The number of hydrogen-bond donors (Lipinski definition) is 1. The molecule has 18 heavy (non-hydrogen) atoms. The molecule has 98 valence electrons. The minimum absolute atomic E-state index is 0.0267. The summed E-state index contributed by atoms with van der Waals surface area (Å²) >= 11 is 0. The van der Waals surface area contributed by atoms with Crippen molar-refractivity contribution in [2.45, 2.75) is 33.4 Å². The molecular formula is C11H16N4O3. The van der Waals surface area contributed by atoms with Crippen LogP contribution >= 0.6 is 0 Å². The predicted octanol–water partition coefficient (Wildman–Crippen LogP) is -0.139. The Labute approximate surface area is 105 Å². The number of amides is 2. The lowest BCUT2D eigenvalue weighted by atomic mass is 9.99. The summed E-state index contributed by atoms with van der Waals surface area (Å²) in [5, 5.41) is 6.34. The topological polar surface area (TPSA) is 88.3 Å². The van der Waals surface area contributed by atoms with Gasteiger partial charge >= 0.3 is 0 Å². The van der Waals surface area contributed by atoms with E-state index in [1.807, 2.05) is 13.8 Å². The number of aromatic nitrogens is 2. The standard InChI is InChI=1S/C11H16N4O3/c1-6(2)10-11(17)12-4-9(16)15(10)5-8-13-7(3)18-14-8/h6,10H,4-5H2,1-3H3,(H,12,17). The van der Waals surface area contributed by atoms with E-state index in [4.69, 9.17) is 4.52 Å². The van der Waals surface area contributed by atoms with Gasteiger partial charge in [-0.1, -0.05) is 19.0 Å². The van der Waals surface area contributed by atoms with Crippen molar-refractivity contribution in [1.82, 2.24) is 20.4 Å². The molecule has 0 saturated carbocycles. The van der Waals surface area contributed by atoms with Gasteiger partial charge in [0, 0.05) is 6.92 Å². The third-order valence-electron chi connectivity index (χ3n) is 2.85. The SMILES string of the molecule is Cc1nc(CN2C(=O)CNC(=O)C2C(C)C)no1. The first-order chi connectivity index (χ1) is 8.49. The lowest BCUT2D eigenvalue weighted by Crippen LogP contribution is -2.59. The highest BCUT2D eigenvalue weighted by Crippen LogP contribution is 2.17. The van der Waals surface area contributed by atoms with Crippen molar-refractivity contribution >= 4 is 11.8 Å². The molecule has 0 spiro atoms. The Hall–Kier alpha value is -1.92. The molecule has 1 N–H and O–H groups in total. The third-order valence-corrected chi connectivity index (χ3v) is 2.85. The minimum Gasteiger partial charge on any atom is -0.345 e. The number of nitrogens with one attached hydrogen (secondary N) is 1. The van der Waals surface area contributed by atoms with Gasteiger partial charge in [-0.05, 0) is 5.92 Å². The van der Waals surface area contributed by atoms with Crippen molar-refractivity contribution in [3.8, 4) is 0 Å². The first-order valence-corrected chi connectivity index (χ1v) is 5.85. The Morgan fingerprint density at radius 2 is 2.22 bits per heavy atom. The van der Waals surface area contributed by atoms with Crippen LogP contribution in [0.5, 0.6) is 0 Å². The smallest absolute Gasteiger partial charge is 0.243 e. The van der Waals surface area contributed by atoms with Crippen LogP contribution in [0, 0.1) is 12.8 Å². The number of carbonyl (C=O) groups excluding carboxylic acids is 2. The van der Waals surface area contributed by atoms with Crippen LogP contribution in [0.1, 0.15) is 25.6 Å². The van der Waals surface area contributed by atoms with Gasteiger partial charge in [0.25, 0.3) is 0 Å². The molecule has 1 aromatic rings. The molecule has 1 aromatic heterocycles. The molecule has 0 radical (unpaired) electrons. The average Bonchev–Trinajstić information content (AvgIpc) is 2.69. The highest BCUT2D eigenvalue weighted by molar-refractivity contribution is 5.94. The molecule has 2 amide bonds. The number of hydrogen-bond acceptors (Lipinski definition) is 5. The number of nitrogens with zero attached hydrogens (tertiary/aromatic N) is 3. The molecule has 1 fully saturated rings. The van der Waals surface area contributed by atoms with E-state index in [0.717, 1.165) is 0 Å². The van der Waals surface area contributed by atoms with E-state index in [0.29, 0.717) is 11.7 Å². The molecule has 1 aliphatic heterocycles. The minimum atomic E-state index is -0.481. The molecule has 1 atom stereocenters. The van der Waals surface area contributed by atoms with E-state index in [1.54, 1.807) is 6.92 Å². The first-order valence-electron chi connectivity index (χ1n) is 5.85. The summed E-state index contributed by atoms with van der Waals surface area (Å²) in [5.74, 6) is 0.629. The van der Waals surface area contributed by atoms with E-state index < -0.39 is 6.04 Å². The summed E-state index contributed by atoms with van der Waals surface area (Å²) in [5.41, 5.74) is 0. The van der Waals surface area contributed by atoms with E-state index >= 15 is 0 Å². The van der Waals surface area contributed by atoms with E-state index in [2.05, 4.69) is 15.5 Å². The molecule has 0 bridgehead atoms. The summed E-state index contributed by atoms with van der Waals surface area (Å²) in [7, 11) is 0. The second-order valence-electron chi connectivity index (χ2n) is 4.66. The predicted molar refractivity (Wildman–Crippen MR) is 61.2 cm³/mol. The molecule has 2 rings (SSSR count). The fraction of sp³-hybridized carbons (Fsp3) is 0.636. The molecule has 0 aromatic carbocycles. The zero-order chi connectivity index (χ0) is 13.3. The van der Waals surface area contributed by atoms with Crippen LogP contribution in [-0.2, 0) is 16.1 Å². The van der Waals surface area contributed by atoms with Crippen molar-refractivity contribution in [3.05, 3.63) is 11.7 Å². The number of rotatable bonds is 3. The van der Waals surface area contributed by atoms with Crippen LogP contribution in [0.3, 0.4) is 0 Å². The largest absolute Gasteiger partial charge is 0.345 e. The Bertz CT molecular complexity index is 469. The van der Waals surface area contributed by atoms with Gasteiger partial charge in [0.2, 0.25) is 17.7 Å². The van der Waals surface area contributed by atoms with Crippen molar-refractivity contribution < 1.29 is 14.1 Å². The number of carbonyl (C=O) groups is 2. The van der Waals surface area contributed by atoms with E-state index in [-0.39, 0.29) is 30.8 Å². The summed E-state index contributed by atoms with van der Waals surface area (Å²) in [6, 6.07) is -0.481. The summed E-state index contributed by atoms with van der Waals surface area (Å²) in [6.07, 6.45) is 0. The second kappa shape index (κ2) is 4.75. The van der Waals surface area contributed by atoms with Crippen LogP contribution in [0.4, 0.5) is 0 Å². The maximum absolute atomic E-state index is 11.9. The van der Waals surface area contributed by atoms with Crippen LogP contribution < -0.4 is 5.32 Å². The normalized spacial score (nSPS) is 20.4. The molecular weight excluding hydrogens is 236 g/mol. The van der Waals surface area contributed by atoms with Crippen molar-refractivity contribution in [1.29, 1.82) is 0 Å². The van der Waals surface area contributed by atoms with Gasteiger partial charge in [-0.25, -0.2) is 0 Å². The van der Waals surface area contributed by atoms with Gasteiger partial charge in [-0.2, -0.15) is 4.98 Å². The van der Waals surface area contributed by atoms with Gasteiger partial charge < -0.3 is 14.7 Å². The highest BCUT2D eigenvalue weighted by atomic mass is 16.5. The molecule has 1 saturated heterocycles. The number of aryl methyl sites for hydroxylation is 1. The fourth-order valence-corrected chi connectivity index (χ4v) is 2.07. The molecule has 1 unspecified atom stereocenters. The monoisotopic (exact) mass is 252 g/mol. The van der Waals surface area contributed by atoms with Gasteiger partial charge in [0.05, 0.1) is 13.1 Å². The molecule has 2 heterocycles. The Morgan fingerprint density at radius 3 is 2.78 bits per heavy atom. The molecule has 7 heteroatoms. The maximum Gasteiger partial charge on any atom is 0.243 e.